The van der Waals surface area contributed by atoms with Gasteiger partial charge in [-0.05, 0) is 0 Å². The number of thioether (sulfide) groups is 2. The van der Waals surface area contributed by atoms with Crippen LogP contribution in [-0.2, 0) is 0 Å². The molecule has 0 spiro atoms. The maximum atomic E-state index is 2.34. The third kappa shape index (κ3) is 4.60. The molecule has 0 N–H and O–H groups in total. The number of hydrogen-bond donors (Lipinski definition) is 0. The predicted molar refractivity (Wildman–Crippen MR) is 105 cm³/mol. The Hall–Kier alpha value is 0.179. The van der Waals surface area contributed by atoms with Crippen molar-refractivity contribution in [3.63, 3.8) is 0 Å². The van der Waals surface area contributed by atoms with E-state index in [1.54, 1.807) is 8.92 Å². The van der Waals surface area contributed by atoms with Gasteiger partial charge < -0.3 is 0 Å². The average Bonchev–Trinajstić information content (AvgIpc) is 3.47. The number of rotatable bonds is 7. The van der Waals surface area contributed by atoms with Crippen molar-refractivity contribution in [1.82, 2.24) is 0 Å². The molecule has 2 aromatic carbocycles. The molecule has 2 aromatic rings. The zero-order chi connectivity index (χ0) is 14.8. The van der Waals surface area contributed by atoms with Gasteiger partial charge in [0.05, 0.1) is 0 Å². The normalized spacial score (nSPS) is 22.5. The Labute approximate surface area is 153 Å². The van der Waals surface area contributed by atoms with Crippen molar-refractivity contribution in [3.8, 4) is 11.1 Å². The molecule has 4 heteroatoms. The minimum atomic E-state index is 0.667. The summed E-state index contributed by atoms with van der Waals surface area (Å²) in [5.41, 5.74) is 2.72. The third-order valence-electron chi connectivity index (χ3n) is 3.72. The molecular weight excluding hydrogens is 438 g/mol. The van der Waals surface area contributed by atoms with Gasteiger partial charge in [-0.3, -0.25) is 0 Å². The van der Waals surface area contributed by atoms with Gasteiger partial charge in [0.25, 0.3) is 0 Å². The summed E-state index contributed by atoms with van der Waals surface area (Å²) in [6.45, 7) is 0. The van der Waals surface area contributed by atoms with Crippen LogP contribution in [0.15, 0.2) is 48.5 Å². The van der Waals surface area contributed by atoms with Crippen LogP contribution in [0.3, 0.4) is 0 Å². The fraction of sp³-hybridized carbons (Fsp3) is 0.333. The Morgan fingerprint density at radius 2 is 1.05 bits per heavy atom. The summed E-state index contributed by atoms with van der Waals surface area (Å²) in [4.78, 5) is 0. The molecule has 2 heterocycles. The molecule has 0 radical (unpaired) electrons. The van der Waals surface area contributed by atoms with Crippen molar-refractivity contribution in [2.75, 3.05) is 11.5 Å². The average molecular weight is 456 g/mol. The molecule has 0 aliphatic carbocycles. The van der Waals surface area contributed by atoms with Crippen molar-refractivity contribution < 1.29 is 0 Å². The van der Waals surface area contributed by atoms with Gasteiger partial charge in [-0.2, -0.15) is 0 Å². The van der Waals surface area contributed by atoms with Gasteiger partial charge in [0, 0.05) is 0 Å². The van der Waals surface area contributed by atoms with Gasteiger partial charge in [0.2, 0.25) is 0 Å². The van der Waals surface area contributed by atoms with Gasteiger partial charge in [-0.25, -0.2) is 0 Å². The molecule has 2 aliphatic heterocycles. The van der Waals surface area contributed by atoms with Gasteiger partial charge in [0.1, 0.15) is 0 Å². The van der Waals surface area contributed by atoms with Gasteiger partial charge >= 0.3 is 155 Å². The first-order valence-corrected chi connectivity index (χ1v) is 13.8. The Bertz CT molecular complexity index is 559. The second-order valence-electron chi connectivity index (χ2n) is 5.58. The van der Waals surface area contributed by atoms with E-state index < -0.39 is 0 Å². The molecule has 0 bridgehead atoms. The van der Waals surface area contributed by atoms with E-state index in [0.29, 0.717) is 29.9 Å². The van der Waals surface area contributed by atoms with E-state index >= 15 is 0 Å². The standard InChI is InChI=1S/C18H18S2Se2/c1-5-17(21-11-15-9-19-15)6-2-13(1)14-3-7-18(8-4-14)22-12-16-10-20-16/h1-8,15-16H,9-12H2. The molecule has 0 aromatic heterocycles. The zero-order valence-electron chi connectivity index (χ0n) is 12.2. The fourth-order valence-corrected chi connectivity index (χ4v) is 8.95. The van der Waals surface area contributed by atoms with Crippen molar-refractivity contribution >= 4 is 62.4 Å². The Morgan fingerprint density at radius 1 is 0.682 bits per heavy atom. The predicted octanol–water partition coefficient (Wildman–Crippen LogP) is 3.08. The summed E-state index contributed by atoms with van der Waals surface area (Å²) in [6, 6.07) is 18.6. The van der Waals surface area contributed by atoms with E-state index in [2.05, 4.69) is 72.1 Å². The number of benzene rings is 2. The van der Waals surface area contributed by atoms with Gasteiger partial charge in [-0.1, -0.05) is 0 Å². The molecule has 0 saturated carbocycles. The summed E-state index contributed by atoms with van der Waals surface area (Å²) in [7, 11) is 0. The Kier molecular flexibility index (Phi) is 5.27. The molecule has 0 nitrogen and oxygen atoms in total. The van der Waals surface area contributed by atoms with Crippen LogP contribution in [0.1, 0.15) is 0 Å². The van der Waals surface area contributed by atoms with Crippen molar-refractivity contribution in [2.24, 2.45) is 0 Å². The Balaban J connectivity index is 1.37. The van der Waals surface area contributed by atoms with Gasteiger partial charge in [0.15, 0.2) is 0 Å². The van der Waals surface area contributed by atoms with E-state index in [9.17, 15) is 0 Å². The Morgan fingerprint density at radius 3 is 1.36 bits per heavy atom. The van der Waals surface area contributed by atoms with Crippen molar-refractivity contribution in [3.05, 3.63) is 48.5 Å². The van der Waals surface area contributed by atoms with E-state index in [-0.39, 0.29) is 0 Å². The second-order valence-corrected chi connectivity index (χ2v) is 12.8. The molecule has 22 heavy (non-hydrogen) atoms. The zero-order valence-corrected chi connectivity index (χ0v) is 17.3. The van der Waals surface area contributed by atoms with Crippen LogP contribution in [0.25, 0.3) is 11.1 Å². The molecule has 114 valence electrons. The minimum absolute atomic E-state index is 0.667. The van der Waals surface area contributed by atoms with Crippen LogP contribution in [0, 0.1) is 0 Å². The van der Waals surface area contributed by atoms with Crippen LogP contribution < -0.4 is 8.92 Å². The number of hydrogen-bond acceptors (Lipinski definition) is 2. The molecule has 2 aliphatic rings. The summed E-state index contributed by atoms with van der Waals surface area (Å²) < 4.78 is 3.09. The molecule has 2 atom stereocenters. The van der Waals surface area contributed by atoms with Crippen molar-refractivity contribution in [1.29, 1.82) is 0 Å². The van der Waals surface area contributed by atoms with Crippen LogP contribution in [0.5, 0.6) is 0 Å². The summed E-state index contributed by atoms with van der Waals surface area (Å²) in [5.74, 6) is 2.79. The van der Waals surface area contributed by atoms with E-state index in [4.69, 9.17) is 0 Å². The maximum absolute atomic E-state index is 2.34. The fourth-order valence-electron chi connectivity index (χ4n) is 2.19. The molecule has 0 amide bonds. The first-order chi connectivity index (χ1) is 10.9. The molecule has 2 saturated heterocycles. The van der Waals surface area contributed by atoms with Crippen LogP contribution in [-0.4, -0.2) is 51.9 Å². The van der Waals surface area contributed by atoms with Gasteiger partial charge in [-0.15, -0.1) is 0 Å². The second kappa shape index (κ2) is 7.38. The van der Waals surface area contributed by atoms with Crippen LogP contribution >= 0.6 is 23.5 Å². The first kappa shape index (κ1) is 15.7. The third-order valence-corrected chi connectivity index (χ3v) is 11.5. The van der Waals surface area contributed by atoms with Crippen molar-refractivity contribution in [2.45, 2.75) is 21.1 Å². The first-order valence-electron chi connectivity index (χ1n) is 7.56. The van der Waals surface area contributed by atoms with E-state index in [1.807, 2.05) is 0 Å². The summed E-state index contributed by atoms with van der Waals surface area (Å²) >= 11 is 5.56. The summed E-state index contributed by atoms with van der Waals surface area (Å²) in [5, 5.41) is 4.77. The quantitative estimate of drug-likeness (QED) is 0.464. The van der Waals surface area contributed by atoms with E-state index in [0.717, 1.165) is 10.5 Å². The van der Waals surface area contributed by atoms with Crippen LogP contribution in [0.2, 0.25) is 10.6 Å². The molecule has 2 unspecified atom stereocenters. The topological polar surface area (TPSA) is 0 Å². The SMILES string of the molecule is c1cc(-c2ccc([Se]CC3CS3)cc2)ccc1[Se]CC1CS1. The molecular formula is C18H18S2Se2. The summed E-state index contributed by atoms with van der Waals surface area (Å²) in [6.07, 6.45) is 0. The van der Waals surface area contributed by atoms with Crippen LogP contribution in [0.4, 0.5) is 0 Å². The molecule has 2 fully saturated rings. The monoisotopic (exact) mass is 458 g/mol. The van der Waals surface area contributed by atoms with E-state index in [1.165, 1.54) is 33.3 Å². The molecule has 4 rings (SSSR count).